The van der Waals surface area contributed by atoms with Crippen LogP contribution < -0.4 is 14.8 Å². The van der Waals surface area contributed by atoms with Crippen molar-refractivity contribution in [1.82, 2.24) is 10.3 Å². The molecule has 0 aliphatic carbocycles. The number of ether oxygens (including phenoxy) is 2. The number of carbonyl (C=O) groups is 1. The molecule has 0 unspecified atom stereocenters. The van der Waals surface area contributed by atoms with Crippen molar-refractivity contribution in [3.05, 3.63) is 98.1 Å². The van der Waals surface area contributed by atoms with Crippen molar-refractivity contribution in [2.45, 2.75) is 20.0 Å². The van der Waals surface area contributed by atoms with Gasteiger partial charge in [0.1, 0.15) is 18.2 Å². The number of amides is 1. The van der Waals surface area contributed by atoms with Crippen LogP contribution in [-0.2, 0) is 17.8 Å². The van der Waals surface area contributed by atoms with Crippen molar-refractivity contribution in [1.29, 1.82) is 5.26 Å². The van der Waals surface area contributed by atoms with E-state index in [2.05, 4.69) is 10.3 Å². The monoisotopic (exact) mass is 567 g/mol. The van der Waals surface area contributed by atoms with Crippen LogP contribution in [0.1, 0.15) is 23.6 Å². The molecule has 0 aliphatic heterocycles. The van der Waals surface area contributed by atoms with Gasteiger partial charge in [-0.15, -0.1) is 0 Å². The van der Waals surface area contributed by atoms with Crippen molar-refractivity contribution in [3.8, 4) is 17.6 Å². The van der Waals surface area contributed by atoms with E-state index in [0.717, 1.165) is 22.0 Å². The number of aromatic nitrogens is 1. The lowest BCUT2D eigenvalue weighted by Gasteiger charge is -2.15. The molecule has 0 aliphatic rings. The average Bonchev–Trinajstić information content (AvgIpc) is 3.31. The van der Waals surface area contributed by atoms with E-state index in [0.29, 0.717) is 46.7 Å². The van der Waals surface area contributed by atoms with Crippen LogP contribution in [0, 0.1) is 11.3 Å². The third-order valence-corrected chi connectivity index (χ3v) is 6.62. The molecule has 9 heteroatoms. The molecule has 4 rings (SSSR count). The third kappa shape index (κ3) is 6.62. The zero-order valence-corrected chi connectivity index (χ0v) is 22.8. The summed E-state index contributed by atoms with van der Waals surface area (Å²) in [6, 6.07) is 18.3. The fourth-order valence-corrected chi connectivity index (χ4v) is 4.66. The van der Waals surface area contributed by atoms with E-state index in [1.54, 1.807) is 30.3 Å². The summed E-state index contributed by atoms with van der Waals surface area (Å²) in [4.78, 5) is 15.9. The number of nitrogens with zero attached hydrogens (tertiary/aromatic N) is 1. The molecule has 0 fully saturated rings. The molecule has 1 amide bonds. The number of fused-ring (bicyclic) bond motifs is 1. The molecule has 6 nitrogen and oxygen atoms in total. The zero-order valence-electron chi connectivity index (χ0n) is 20.5. The highest BCUT2D eigenvalue weighted by Gasteiger charge is 2.16. The lowest BCUT2D eigenvalue weighted by atomic mass is 10.1. The second-order valence-corrected chi connectivity index (χ2v) is 9.57. The highest BCUT2D eigenvalue weighted by molar-refractivity contribution is 6.35. The van der Waals surface area contributed by atoms with Gasteiger partial charge in [-0.25, -0.2) is 0 Å². The molecular weight excluding hydrogens is 545 g/mol. The Bertz CT molecular complexity index is 1540. The van der Waals surface area contributed by atoms with E-state index in [-0.39, 0.29) is 17.2 Å². The van der Waals surface area contributed by atoms with Crippen molar-refractivity contribution in [2.24, 2.45) is 0 Å². The summed E-state index contributed by atoms with van der Waals surface area (Å²) < 4.78 is 11.7. The normalized spacial score (nSPS) is 11.3. The van der Waals surface area contributed by atoms with Crippen LogP contribution in [0.2, 0.25) is 15.1 Å². The van der Waals surface area contributed by atoms with E-state index in [9.17, 15) is 10.1 Å². The van der Waals surface area contributed by atoms with Gasteiger partial charge in [-0.2, -0.15) is 5.26 Å². The van der Waals surface area contributed by atoms with E-state index >= 15 is 0 Å². The number of nitriles is 1. The van der Waals surface area contributed by atoms with Crippen LogP contribution in [0.4, 0.5) is 0 Å². The number of hydrogen-bond donors (Lipinski definition) is 2. The van der Waals surface area contributed by atoms with Gasteiger partial charge < -0.3 is 19.8 Å². The van der Waals surface area contributed by atoms with Crippen LogP contribution in [0.3, 0.4) is 0 Å². The predicted octanol–water partition coefficient (Wildman–Crippen LogP) is 7.37. The summed E-state index contributed by atoms with van der Waals surface area (Å²) in [6.07, 6.45) is 4.02. The molecule has 1 aromatic heterocycles. The SMILES string of the molecule is CCOc1cc(/C=C(/C#N)C(=O)NCCc2c[nH]c3ccccc23)cc(Cl)c1OCc1ccc(Cl)cc1Cl. The number of carbonyl (C=O) groups excluding carboxylic acids is 1. The first-order valence-corrected chi connectivity index (χ1v) is 13.0. The van der Waals surface area contributed by atoms with E-state index < -0.39 is 5.91 Å². The average molecular weight is 569 g/mol. The molecule has 0 bridgehead atoms. The number of nitrogens with one attached hydrogen (secondary N) is 2. The first-order chi connectivity index (χ1) is 18.4. The van der Waals surface area contributed by atoms with E-state index in [1.165, 1.54) is 6.08 Å². The Balaban J connectivity index is 1.47. The molecule has 0 saturated carbocycles. The molecule has 38 heavy (non-hydrogen) atoms. The summed E-state index contributed by atoms with van der Waals surface area (Å²) in [5.41, 5.74) is 3.33. The van der Waals surface area contributed by atoms with Gasteiger partial charge in [0, 0.05) is 39.3 Å². The molecule has 194 valence electrons. The van der Waals surface area contributed by atoms with Crippen molar-refractivity contribution >= 4 is 57.7 Å². The van der Waals surface area contributed by atoms with Crippen molar-refractivity contribution < 1.29 is 14.3 Å². The first-order valence-electron chi connectivity index (χ1n) is 11.9. The van der Waals surface area contributed by atoms with Gasteiger partial charge in [0.05, 0.1) is 11.6 Å². The number of para-hydroxylation sites is 1. The number of halogens is 3. The smallest absolute Gasteiger partial charge is 0.261 e. The quantitative estimate of drug-likeness (QED) is 0.154. The fourth-order valence-electron chi connectivity index (χ4n) is 3.92. The topological polar surface area (TPSA) is 87.1 Å². The molecule has 0 radical (unpaired) electrons. The Hall–Kier alpha value is -3.63. The summed E-state index contributed by atoms with van der Waals surface area (Å²) >= 11 is 18.7. The first kappa shape index (κ1) is 27.4. The Kier molecular flexibility index (Phi) is 9.19. The zero-order chi connectivity index (χ0) is 27.1. The maximum absolute atomic E-state index is 12.7. The standard InChI is InChI=1S/C29H24Cl3N3O3/c1-2-37-27-13-18(12-25(32)28(27)38-17-20-7-8-22(30)14-24(20)31)11-21(15-33)29(36)34-10-9-19-16-35-26-6-4-3-5-23(19)26/h3-8,11-14,16,35H,2,9-10,17H2,1H3,(H,34,36)/b21-11-. The summed E-state index contributed by atoms with van der Waals surface area (Å²) in [7, 11) is 0. The highest BCUT2D eigenvalue weighted by atomic mass is 35.5. The number of H-pyrrole nitrogens is 1. The predicted molar refractivity (Wildman–Crippen MR) is 152 cm³/mol. The maximum atomic E-state index is 12.7. The minimum atomic E-state index is -0.473. The van der Waals surface area contributed by atoms with Gasteiger partial charge in [0.2, 0.25) is 0 Å². The molecule has 4 aromatic rings. The second kappa shape index (κ2) is 12.7. The van der Waals surface area contributed by atoms with E-state index in [1.807, 2.05) is 43.5 Å². The molecule has 0 atom stereocenters. The minimum Gasteiger partial charge on any atom is -0.490 e. The van der Waals surface area contributed by atoms with E-state index in [4.69, 9.17) is 44.3 Å². The number of hydrogen-bond acceptors (Lipinski definition) is 4. The van der Waals surface area contributed by atoms with Gasteiger partial charge in [-0.3, -0.25) is 4.79 Å². The molecule has 0 spiro atoms. The Morgan fingerprint density at radius 2 is 1.87 bits per heavy atom. The van der Waals surface area contributed by atoms with Gasteiger partial charge in [0.25, 0.3) is 5.91 Å². The number of rotatable bonds is 10. The minimum absolute atomic E-state index is 0.0518. The molecular formula is C29H24Cl3N3O3. The summed E-state index contributed by atoms with van der Waals surface area (Å²) in [5.74, 6) is 0.242. The van der Waals surface area contributed by atoms with Crippen LogP contribution >= 0.6 is 34.8 Å². The van der Waals surface area contributed by atoms with Crippen molar-refractivity contribution in [3.63, 3.8) is 0 Å². The van der Waals surface area contributed by atoms with Crippen LogP contribution in [-0.4, -0.2) is 24.0 Å². The van der Waals surface area contributed by atoms with Gasteiger partial charge in [-0.1, -0.05) is 59.1 Å². The van der Waals surface area contributed by atoms with Gasteiger partial charge in [0.15, 0.2) is 11.5 Å². The highest BCUT2D eigenvalue weighted by Crippen LogP contribution is 2.38. The Morgan fingerprint density at radius 1 is 1.05 bits per heavy atom. The molecule has 0 saturated heterocycles. The summed E-state index contributed by atoms with van der Waals surface area (Å²) in [6.45, 7) is 2.72. The van der Waals surface area contributed by atoms with Crippen molar-refractivity contribution in [2.75, 3.05) is 13.2 Å². The molecule has 2 N–H and O–H groups in total. The Labute approximate surface area is 235 Å². The lowest BCUT2D eigenvalue weighted by Crippen LogP contribution is -2.26. The summed E-state index contributed by atoms with van der Waals surface area (Å²) in [5, 5.41) is 14.8. The largest absolute Gasteiger partial charge is 0.490 e. The molecule has 1 heterocycles. The maximum Gasteiger partial charge on any atom is 0.261 e. The lowest BCUT2D eigenvalue weighted by molar-refractivity contribution is -0.117. The van der Waals surface area contributed by atoms with Crippen LogP contribution in [0.5, 0.6) is 11.5 Å². The van der Waals surface area contributed by atoms with Crippen LogP contribution in [0.15, 0.2) is 66.4 Å². The van der Waals surface area contributed by atoms with Gasteiger partial charge >= 0.3 is 0 Å². The Morgan fingerprint density at radius 3 is 2.63 bits per heavy atom. The number of aromatic amines is 1. The number of benzene rings is 3. The van der Waals surface area contributed by atoms with Crippen LogP contribution in [0.25, 0.3) is 17.0 Å². The molecule has 3 aromatic carbocycles. The third-order valence-electron chi connectivity index (χ3n) is 5.75. The van der Waals surface area contributed by atoms with Gasteiger partial charge in [-0.05, 0) is 60.9 Å². The fraction of sp³-hybridized carbons (Fsp3) is 0.172. The second-order valence-electron chi connectivity index (χ2n) is 8.32.